The summed E-state index contributed by atoms with van der Waals surface area (Å²) in [6.45, 7) is 2.53. The Morgan fingerprint density at radius 2 is 1.91 bits per heavy atom. The molecule has 4 N–H and O–H groups in total. The molecule has 1 unspecified atom stereocenters. The molecule has 0 spiro atoms. The molecule has 0 aliphatic rings. The van der Waals surface area contributed by atoms with Gasteiger partial charge in [0.2, 0.25) is 5.91 Å². The Bertz CT molecular complexity index is 474. The van der Waals surface area contributed by atoms with Crippen molar-refractivity contribution in [2.45, 2.75) is 38.6 Å². The summed E-state index contributed by atoms with van der Waals surface area (Å²) >= 11 is 0. The van der Waals surface area contributed by atoms with E-state index in [0.29, 0.717) is 19.4 Å². The molecule has 0 heterocycles. The van der Waals surface area contributed by atoms with Crippen LogP contribution in [-0.4, -0.2) is 25.6 Å². The van der Waals surface area contributed by atoms with Crippen LogP contribution < -0.4 is 21.1 Å². The van der Waals surface area contributed by atoms with Crippen LogP contribution >= 0.6 is 0 Å². The van der Waals surface area contributed by atoms with Gasteiger partial charge in [0.05, 0.1) is 13.2 Å². The number of amides is 3. The fourth-order valence-electron chi connectivity index (χ4n) is 2.15. The average molecular weight is 307 g/mol. The lowest BCUT2D eigenvalue weighted by Gasteiger charge is -2.18. The van der Waals surface area contributed by atoms with E-state index in [4.69, 9.17) is 10.5 Å². The van der Waals surface area contributed by atoms with Crippen LogP contribution in [0.4, 0.5) is 4.79 Å². The summed E-state index contributed by atoms with van der Waals surface area (Å²) in [4.78, 5) is 22.5. The van der Waals surface area contributed by atoms with Crippen LogP contribution in [0.3, 0.4) is 0 Å². The van der Waals surface area contributed by atoms with E-state index in [2.05, 4.69) is 10.6 Å². The molecule has 1 rings (SSSR count). The normalized spacial score (nSPS) is 11.5. The highest BCUT2D eigenvalue weighted by atomic mass is 16.5. The first kappa shape index (κ1) is 17.8. The quantitative estimate of drug-likeness (QED) is 0.610. The Hall–Kier alpha value is -2.24. The Balaban J connectivity index is 2.37. The maximum Gasteiger partial charge on any atom is 0.312 e. The van der Waals surface area contributed by atoms with Gasteiger partial charge in [-0.3, -0.25) is 4.79 Å². The van der Waals surface area contributed by atoms with Crippen LogP contribution in [0.25, 0.3) is 0 Å². The Kier molecular flexibility index (Phi) is 7.81. The van der Waals surface area contributed by atoms with E-state index in [1.807, 2.05) is 31.2 Å². The third-order valence-corrected chi connectivity index (χ3v) is 3.39. The monoisotopic (exact) mass is 307 g/mol. The molecule has 0 fully saturated rings. The topological polar surface area (TPSA) is 93.5 Å². The maximum absolute atomic E-state index is 12.0. The first-order valence-corrected chi connectivity index (χ1v) is 7.53. The predicted molar refractivity (Wildman–Crippen MR) is 85.6 cm³/mol. The highest BCUT2D eigenvalue weighted by Gasteiger charge is 2.12. The zero-order valence-corrected chi connectivity index (χ0v) is 13.2. The number of nitrogens with one attached hydrogen (secondary N) is 2. The van der Waals surface area contributed by atoms with Gasteiger partial charge in [0, 0.05) is 13.0 Å². The van der Waals surface area contributed by atoms with Crippen LogP contribution in [0.1, 0.15) is 44.2 Å². The van der Waals surface area contributed by atoms with Crippen LogP contribution in [0.5, 0.6) is 5.75 Å². The number of carbonyl (C=O) groups excluding carboxylic acids is 2. The lowest BCUT2D eigenvalue weighted by Crippen LogP contribution is -2.30. The number of methoxy groups -OCH3 is 1. The number of rotatable bonds is 9. The molecule has 0 bridgehead atoms. The number of hydrogen-bond acceptors (Lipinski definition) is 3. The van der Waals surface area contributed by atoms with E-state index in [1.54, 1.807) is 7.11 Å². The molecule has 1 atom stereocenters. The van der Waals surface area contributed by atoms with Crippen LogP contribution in [0.2, 0.25) is 0 Å². The number of ether oxygens (including phenoxy) is 1. The molecule has 122 valence electrons. The minimum atomic E-state index is -0.532. The fraction of sp³-hybridized carbons (Fsp3) is 0.500. The number of nitrogens with two attached hydrogens (primary N) is 1. The van der Waals surface area contributed by atoms with E-state index >= 15 is 0 Å². The maximum atomic E-state index is 12.0. The second-order valence-corrected chi connectivity index (χ2v) is 5.05. The van der Waals surface area contributed by atoms with Gasteiger partial charge < -0.3 is 21.1 Å². The third kappa shape index (κ3) is 6.47. The zero-order chi connectivity index (χ0) is 16.4. The number of benzene rings is 1. The van der Waals surface area contributed by atoms with Crippen molar-refractivity contribution in [3.63, 3.8) is 0 Å². The molecule has 0 radical (unpaired) electrons. The van der Waals surface area contributed by atoms with Crippen molar-refractivity contribution in [1.29, 1.82) is 0 Å². The summed E-state index contributed by atoms with van der Waals surface area (Å²) in [5.41, 5.74) is 6.03. The van der Waals surface area contributed by atoms with Gasteiger partial charge >= 0.3 is 6.03 Å². The standard InChI is InChI=1S/C16H25N3O3/c1-3-14(12-7-9-13(22-2)10-8-12)19-15(20)6-4-5-11-18-16(17)21/h7-10,14H,3-6,11H2,1-2H3,(H,19,20)(H3,17,18,21). The molecule has 6 nitrogen and oxygen atoms in total. The summed E-state index contributed by atoms with van der Waals surface area (Å²) in [7, 11) is 1.63. The zero-order valence-electron chi connectivity index (χ0n) is 13.2. The van der Waals surface area contributed by atoms with Crippen molar-refractivity contribution in [2.24, 2.45) is 5.73 Å². The molecule has 3 amide bonds. The number of carbonyl (C=O) groups is 2. The highest BCUT2D eigenvalue weighted by molar-refractivity contribution is 5.76. The van der Waals surface area contributed by atoms with E-state index in [9.17, 15) is 9.59 Å². The first-order chi connectivity index (χ1) is 10.6. The number of hydrogen-bond donors (Lipinski definition) is 3. The van der Waals surface area contributed by atoms with E-state index < -0.39 is 6.03 Å². The Morgan fingerprint density at radius 3 is 2.45 bits per heavy atom. The molecular weight excluding hydrogens is 282 g/mol. The van der Waals surface area contributed by atoms with Gasteiger partial charge in [-0.05, 0) is 37.0 Å². The van der Waals surface area contributed by atoms with Crippen molar-refractivity contribution in [2.75, 3.05) is 13.7 Å². The predicted octanol–water partition coefficient (Wildman–Crippen LogP) is 2.10. The van der Waals surface area contributed by atoms with Gasteiger partial charge in [-0.1, -0.05) is 19.1 Å². The summed E-state index contributed by atoms with van der Waals surface area (Å²) < 4.78 is 5.13. The second-order valence-electron chi connectivity index (χ2n) is 5.05. The van der Waals surface area contributed by atoms with Crippen molar-refractivity contribution in [3.8, 4) is 5.75 Å². The smallest absolute Gasteiger partial charge is 0.312 e. The largest absolute Gasteiger partial charge is 0.497 e. The van der Waals surface area contributed by atoms with Crippen LogP contribution in [0.15, 0.2) is 24.3 Å². The van der Waals surface area contributed by atoms with Gasteiger partial charge in [0.25, 0.3) is 0 Å². The van der Waals surface area contributed by atoms with E-state index in [1.165, 1.54) is 0 Å². The van der Waals surface area contributed by atoms with E-state index in [-0.39, 0.29) is 11.9 Å². The summed E-state index contributed by atoms with van der Waals surface area (Å²) in [6.07, 6.45) is 2.70. The minimum Gasteiger partial charge on any atom is -0.497 e. The Labute approximate surface area is 131 Å². The summed E-state index contributed by atoms with van der Waals surface area (Å²) in [5, 5.41) is 5.53. The van der Waals surface area contributed by atoms with E-state index in [0.717, 1.165) is 24.2 Å². The fourth-order valence-corrected chi connectivity index (χ4v) is 2.15. The van der Waals surface area contributed by atoms with Crippen molar-refractivity contribution in [1.82, 2.24) is 10.6 Å². The number of urea groups is 1. The molecular formula is C16H25N3O3. The summed E-state index contributed by atoms with van der Waals surface area (Å²) in [5.74, 6) is 0.814. The molecule has 1 aromatic rings. The van der Waals surface area contributed by atoms with Crippen LogP contribution in [-0.2, 0) is 4.79 Å². The molecule has 1 aromatic carbocycles. The lowest BCUT2D eigenvalue weighted by atomic mass is 10.0. The van der Waals surface area contributed by atoms with Crippen molar-refractivity contribution in [3.05, 3.63) is 29.8 Å². The first-order valence-electron chi connectivity index (χ1n) is 7.53. The molecule has 0 aliphatic heterocycles. The SMILES string of the molecule is CCC(NC(=O)CCCCNC(N)=O)c1ccc(OC)cc1. The van der Waals surface area contributed by atoms with Gasteiger partial charge in [-0.25, -0.2) is 4.79 Å². The van der Waals surface area contributed by atoms with Crippen LogP contribution in [0, 0.1) is 0 Å². The molecule has 0 saturated heterocycles. The average Bonchev–Trinajstić information content (AvgIpc) is 2.52. The number of primary amides is 1. The molecule has 22 heavy (non-hydrogen) atoms. The van der Waals surface area contributed by atoms with Gasteiger partial charge in [0.15, 0.2) is 0 Å². The second kappa shape index (κ2) is 9.65. The minimum absolute atomic E-state index is 0.00199. The lowest BCUT2D eigenvalue weighted by molar-refractivity contribution is -0.122. The third-order valence-electron chi connectivity index (χ3n) is 3.39. The number of unbranched alkanes of at least 4 members (excludes halogenated alkanes) is 1. The Morgan fingerprint density at radius 1 is 1.23 bits per heavy atom. The van der Waals surface area contributed by atoms with Gasteiger partial charge in [-0.2, -0.15) is 0 Å². The van der Waals surface area contributed by atoms with Crippen molar-refractivity contribution < 1.29 is 14.3 Å². The van der Waals surface area contributed by atoms with Gasteiger partial charge in [-0.15, -0.1) is 0 Å². The molecule has 0 saturated carbocycles. The molecule has 6 heteroatoms. The highest BCUT2D eigenvalue weighted by Crippen LogP contribution is 2.20. The van der Waals surface area contributed by atoms with Gasteiger partial charge in [0.1, 0.15) is 5.75 Å². The van der Waals surface area contributed by atoms with Crippen molar-refractivity contribution >= 4 is 11.9 Å². The molecule has 0 aliphatic carbocycles. The summed E-state index contributed by atoms with van der Waals surface area (Å²) in [6, 6.07) is 7.17. The molecule has 0 aromatic heterocycles.